The van der Waals surface area contributed by atoms with Crippen molar-refractivity contribution in [2.45, 2.75) is 34.1 Å². The predicted octanol–water partition coefficient (Wildman–Crippen LogP) is 4.23. The first-order chi connectivity index (χ1) is 14.5. The number of benzene rings is 1. The van der Waals surface area contributed by atoms with Gasteiger partial charge in [0.05, 0.1) is 0 Å². The van der Waals surface area contributed by atoms with E-state index in [0.717, 1.165) is 42.8 Å². The van der Waals surface area contributed by atoms with Gasteiger partial charge in [0, 0.05) is 24.2 Å². The molecule has 0 atom stereocenters. The van der Waals surface area contributed by atoms with Crippen molar-refractivity contribution in [3.63, 3.8) is 0 Å². The SMILES string of the molecule is CC.CCN(CC)CCCNc1ncc2ccc(=O)n(-c3c(F)cccc3F)c2n1. The summed E-state index contributed by atoms with van der Waals surface area (Å²) < 4.78 is 29.5. The second-order valence-corrected chi connectivity index (χ2v) is 6.36. The molecular formula is C22H29F2N5O. The fourth-order valence-electron chi connectivity index (χ4n) is 3.07. The molecular weight excluding hydrogens is 388 g/mol. The van der Waals surface area contributed by atoms with Crippen LogP contribution in [0, 0.1) is 11.6 Å². The van der Waals surface area contributed by atoms with Gasteiger partial charge >= 0.3 is 0 Å². The molecule has 2 heterocycles. The molecule has 30 heavy (non-hydrogen) atoms. The Hall–Kier alpha value is -2.87. The molecule has 0 aliphatic heterocycles. The Morgan fingerprint density at radius 1 is 1.07 bits per heavy atom. The average Bonchev–Trinajstić information content (AvgIpc) is 2.76. The lowest BCUT2D eigenvalue weighted by molar-refractivity contribution is 0.303. The number of nitrogens with zero attached hydrogens (tertiary/aromatic N) is 4. The summed E-state index contributed by atoms with van der Waals surface area (Å²) in [6, 6.07) is 6.25. The summed E-state index contributed by atoms with van der Waals surface area (Å²) >= 11 is 0. The van der Waals surface area contributed by atoms with Crippen LogP contribution in [0.2, 0.25) is 0 Å². The second-order valence-electron chi connectivity index (χ2n) is 6.36. The molecule has 3 aromatic rings. The summed E-state index contributed by atoms with van der Waals surface area (Å²) in [7, 11) is 0. The van der Waals surface area contributed by atoms with Crippen molar-refractivity contribution < 1.29 is 8.78 Å². The van der Waals surface area contributed by atoms with Crippen LogP contribution < -0.4 is 10.9 Å². The van der Waals surface area contributed by atoms with E-state index in [1.807, 2.05) is 13.8 Å². The minimum absolute atomic E-state index is 0.151. The zero-order valence-electron chi connectivity index (χ0n) is 18.0. The molecule has 0 radical (unpaired) electrons. The smallest absolute Gasteiger partial charge is 0.256 e. The maximum Gasteiger partial charge on any atom is 0.256 e. The van der Waals surface area contributed by atoms with Crippen LogP contribution in [-0.2, 0) is 0 Å². The van der Waals surface area contributed by atoms with Gasteiger partial charge < -0.3 is 10.2 Å². The summed E-state index contributed by atoms with van der Waals surface area (Å²) in [5, 5.41) is 3.63. The predicted molar refractivity (Wildman–Crippen MR) is 117 cm³/mol. The van der Waals surface area contributed by atoms with E-state index in [1.165, 1.54) is 24.4 Å². The first-order valence-electron chi connectivity index (χ1n) is 10.3. The molecule has 0 amide bonds. The van der Waals surface area contributed by atoms with Gasteiger partial charge in [0.1, 0.15) is 17.3 Å². The normalized spacial score (nSPS) is 10.8. The molecule has 3 rings (SSSR count). The number of para-hydroxylation sites is 1. The van der Waals surface area contributed by atoms with E-state index in [4.69, 9.17) is 0 Å². The van der Waals surface area contributed by atoms with Crippen LogP contribution in [0.5, 0.6) is 0 Å². The van der Waals surface area contributed by atoms with Crippen LogP contribution in [-0.4, -0.2) is 45.6 Å². The van der Waals surface area contributed by atoms with Crippen LogP contribution >= 0.6 is 0 Å². The fourth-order valence-corrected chi connectivity index (χ4v) is 3.07. The molecule has 0 spiro atoms. The first kappa shape index (κ1) is 23.4. The number of rotatable bonds is 8. The van der Waals surface area contributed by atoms with Crippen LogP contribution in [0.25, 0.3) is 16.7 Å². The Balaban J connectivity index is 0.00000155. The highest BCUT2D eigenvalue weighted by Crippen LogP contribution is 2.20. The number of pyridine rings is 1. The van der Waals surface area contributed by atoms with Crippen molar-refractivity contribution in [1.29, 1.82) is 0 Å². The summed E-state index contributed by atoms with van der Waals surface area (Å²) in [6.45, 7) is 11.8. The molecule has 2 aromatic heterocycles. The van der Waals surface area contributed by atoms with Gasteiger partial charge in [-0.05, 0) is 44.3 Å². The summed E-state index contributed by atoms with van der Waals surface area (Å²) in [6.07, 6.45) is 2.43. The molecule has 0 aliphatic carbocycles. The van der Waals surface area contributed by atoms with E-state index in [9.17, 15) is 13.6 Å². The Kier molecular flexibility index (Phi) is 8.86. The van der Waals surface area contributed by atoms with Crippen molar-refractivity contribution in [2.75, 3.05) is 31.5 Å². The lowest BCUT2D eigenvalue weighted by Gasteiger charge is -2.17. The first-order valence-corrected chi connectivity index (χ1v) is 10.3. The third kappa shape index (κ3) is 5.38. The summed E-state index contributed by atoms with van der Waals surface area (Å²) in [5.74, 6) is -1.35. The number of nitrogens with one attached hydrogen (secondary N) is 1. The van der Waals surface area contributed by atoms with E-state index >= 15 is 0 Å². The quantitative estimate of drug-likeness (QED) is 0.556. The topological polar surface area (TPSA) is 63.1 Å². The van der Waals surface area contributed by atoms with Crippen LogP contribution in [0.3, 0.4) is 0 Å². The zero-order valence-corrected chi connectivity index (χ0v) is 18.0. The van der Waals surface area contributed by atoms with E-state index in [2.05, 4.69) is 34.0 Å². The molecule has 1 aromatic carbocycles. The minimum atomic E-state index is -0.832. The Morgan fingerprint density at radius 2 is 1.73 bits per heavy atom. The molecule has 8 heteroatoms. The van der Waals surface area contributed by atoms with Gasteiger partial charge in [0.15, 0.2) is 5.65 Å². The van der Waals surface area contributed by atoms with Gasteiger partial charge in [-0.2, -0.15) is 4.98 Å². The number of halogens is 2. The van der Waals surface area contributed by atoms with Gasteiger partial charge in [0.25, 0.3) is 5.56 Å². The molecule has 162 valence electrons. The van der Waals surface area contributed by atoms with Crippen molar-refractivity contribution in [1.82, 2.24) is 19.4 Å². The van der Waals surface area contributed by atoms with E-state index in [-0.39, 0.29) is 5.65 Å². The third-order valence-corrected chi connectivity index (χ3v) is 4.62. The van der Waals surface area contributed by atoms with Crippen LogP contribution in [0.4, 0.5) is 14.7 Å². The average molecular weight is 418 g/mol. The monoisotopic (exact) mass is 417 g/mol. The largest absolute Gasteiger partial charge is 0.354 e. The number of aromatic nitrogens is 3. The Morgan fingerprint density at radius 3 is 2.37 bits per heavy atom. The van der Waals surface area contributed by atoms with E-state index < -0.39 is 22.9 Å². The summed E-state index contributed by atoms with van der Waals surface area (Å²) in [5.41, 5.74) is -0.857. The Labute approximate surface area is 175 Å². The molecule has 0 aliphatic rings. The highest BCUT2D eigenvalue weighted by atomic mass is 19.1. The molecule has 0 saturated heterocycles. The third-order valence-electron chi connectivity index (χ3n) is 4.62. The van der Waals surface area contributed by atoms with Crippen molar-refractivity contribution >= 4 is 17.0 Å². The van der Waals surface area contributed by atoms with Gasteiger partial charge in [-0.25, -0.2) is 13.8 Å². The van der Waals surface area contributed by atoms with Crippen LogP contribution in [0.1, 0.15) is 34.1 Å². The maximum absolute atomic E-state index is 14.3. The van der Waals surface area contributed by atoms with Crippen molar-refractivity contribution in [2.24, 2.45) is 0 Å². The highest BCUT2D eigenvalue weighted by Gasteiger charge is 2.16. The lowest BCUT2D eigenvalue weighted by atomic mass is 10.2. The molecule has 1 N–H and O–H groups in total. The summed E-state index contributed by atoms with van der Waals surface area (Å²) in [4.78, 5) is 23.3. The maximum atomic E-state index is 14.3. The van der Waals surface area contributed by atoms with E-state index in [1.54, 1.807) is 0 Å². The molecule has 0 unspecified atom stereocenters. The van der Waals surface area contributed by atoms with E-state index in [0.29, 0.717) is 17.9 Å². The highest BCUT2D eigenvalue weighted by molar-refractivity contribution is 5.77. The van der Waals surface area contributed by atoms with Gasteiger partial charge in [0.2, 0.25) is 5.95 Å². The molecule has 6 nitrogen and oxygen atoms in total. The standard InChI is InChI=1S/C20H23F2N5O.C2H6/c1-3-26(4-2)12-6-11-23-20-24-13-14-9-10-17(28)27(19(14)25-20)18-15(21)7-5-8-16(18)22;1-2/h5,7-10,13H,3-4,6,11-12H2,1-2H3,(H,23,24,25);1-2H3. The van der Waals surface area contributed by atoms with Gasteiger partial charge in [-0.3, -0.25) is 9.36 Å². The number of anilines is 1. The number of hydrogen-bond acceptors (Lipinski definition) is 5. The van der Waals surface area contributed by atoms with Crippen LogP contribution in [0.15, 0.2) is 41.3 Å². The number of fused-ring (bicyclic) bond motifs is 1. The molecule has 0 bridgehead atoms. The van der Waals surface area contributed by atoms with Gasteiger partial charge in [-0.1, -0.05) is 33.8 Å². The van der Waals surface area contributed by atoms with Crippen molar-refractivity contribution in [3.05, 3.63) is 58.5 Å². The molecule has 0 saturated carbocycles. The van der Waals surface area contributed by atoms with Crippen molar-refractivity contribution in [3.8, 4) is 5.69 Å². The lowest BCUT2D eigenvalue weighted by Crippen LogP contribution is -2.25. The molecule has 0 fully saturated rings. The number of hydrogen-bond donors (Lipinski definition) is 1. The van der Waals surface area contributed by atoms with Gasteiger partial charge in [-0.15, -0.1) is 0 Å². The fraction of sp³-hybridized carbons (Fsp3) is 0.409. The Bertz CT molecular complexity index is 998. The zero-order chi connectivity index (χ0) is 22.1. The minimum Gasteiger partial charge on any atom is -0.354 e. The second kappa shape index (κ2) is 11.3.